The molecule has 1 amide bonds. The van der Waals surface area contributed by atoms with Crippen molar-refractivity contribution >= 4 is 22.4 Å². The molecule has 0 aromatic heterocycles. The van der Waals surface area contributed by atoms with Gasteiger partial charge in [0.25, 0.3) is 5.91 Å². The van der Waals surface area contributed by atoms with Gasteiger partial charge in [0.2, 0.25) is 0 Å². The van der Waals surface area contributed by atoms with E-state index in [1.54, 1.807) is 0 Å². The van der Waals surface area contributed by atoms with Gasteiger partial charge in [-0.1, -0.05) is 48.0 Å². The summed E-state index contributed by atoms with van der Waals surface area (Å²) in [4.78, 5) is 14.9. The van der Waals surface area contributed by atoms with Crippen LogP contribution in [-0.2, 0) is 11.3 Å². The van der Waals surface area contributed by atoms with Crippen LogP contribution < -0.4 is 20.7 Å². The van der Waals surface area contributed by atoms with Crippen molar-refractivity contribution in [3.05, 3.63) is 71.8 Å². The average molecular weight is 433 g/mol. The van der Waals surface area contributed by atoms with Gasteiger partial charge in [-0.2, -0.15) is 0 Å². The Bertz CT molecular complexity index is 1030. The zero-order chi connectivity index (χ0) is 22.2. The molecular formula is C26H32N4O2. The highest BCUT2D eigenvalue weighted by Gasteiger charge is 2.12. The van der Waals surface area contributed by atoms with Crippen LogP contribution in [0.15, 0.2) is 60.7 Å². The first-order valence-corrected chi connectivity index (χ1v) is 11.3. The number of ether oxygens (including phenoxy) is 1. The molecular weight excluding hydrogens is 400 g/mol. The molecule has 1 fully saturated rings. The van der Waals surface area contributed by atoms with E-state index in [2.05, 4.69) is 33.0 Å². The maximum absolute atomic E-state index is 12.4. The quantitative estimate of drug-likeness (QED) is 0.454. The van der Waals surface area contributed by atoms with Gasteiger partial charge in [0.15, 0.2) is 6.61 Å². The van der Waals surface area contributed by atoms with E-state index < -0.39 is 0 Å². The third kappa shape index (κ3) is 6.07. The topological polar surface area (TPSA) is 65.6 Å². The lowest BCUT2D eigenvalue weighted by Gasteiger charge is -2.27. The van der Waals surface area contributed by atoms with E-state index in [1.807, 2.05) is 55.5 Å². The minimum atomic E-state index is -0.167. The van der Waals surface area contributed by atoms with Crippen LogP contribution in [-0.4, -0.2) is 56.7 Å². The summed E-state index contributed by atoms with van der Waals surface area (Å²) in [6.07, 6.45) is 0. The van der Waals surface area contributed by atoms with Gasteiger partial charge < -0.3 is 20.7 Å². The second-order valence-corrected chi connectivity index (χ2v) is 8.23. The fraction of sp³-hybridized carbons (Fsp3) is 0.346. The lowest BCUT2D eigenvalue weighted by molar-refractivity contribution is -0.118. The zero-order valence-electron chi connectivity index (χ0n) is 18.7. The standard InChI is InChI=1S/C26H32N4O2/c1-20-6-9-22(10-7-20)29-26(31)19-32-25-11-8-21-4-2-3-5-23(21)24(25)18-28-14-17-30-15-12-27-13-16-30/h2-11,27-28H,12-19H2,1H3,(H,29,31). The molecule has 1 heterocycles. The van der Waals surface area contributed by atoms with Crippen molar-refractivity contribution in [1.29, 1.82) is 0 Å². The summed E-state index contributed by atoms with van der Waals surface area (Å²) in [5.74, 6) is 0.581. The largest absolute Gasteiger partial charge is 0.483 e. The predicted octanol–water partition coefficient (Wildman–Crippen LogP) is 3.16. The van der Waals surface area contributed by atoms with Gasteiger partial charge in [-0.25, -0.2) is 0 Å². The van der Waals surface area contributed by atoms with Crippen LogP contribution >= 0.6 is 0 Å². The highest BCUT2D eigenvalue weighted by atomic mass is 16.5. The number of carbonyl (C=O) groups is 1. The molecule has 3 N–H and O–H groups in total. The average Bonchev–Trinajstić information content (AvgIpc) is 2.83. The Morgan fingerprint density at radius 1 is 1.03 bits per heavy atom. The Balaban J connectivity index is 1.38. The number of rotatable bonds is 9. The van der Waals surface area contributed by atoms with Crippen LogP contribution in [0, 0.1) is 6.92 Å². The second-order valence-electron chi connectivity index (χ2n) is 8.23. The van der Waals surface area contributed by atoms with Crippen LogP contribution in [0.25, 0.3) is 10.8 Å². The van der Waals surface area contributed by atoms with Gasteiger partial charge in [0, 0.05) is 57.1 Å². The number of piperazine rings is 1. The number of amides is 1. The highest BCUT2D eigenvalue weighted by Crippen LogP contribution is 2.28. The van der Waals surface area contributed by atoms with Crippen molar-refractivity contribution in [2.75, 3.05) is 51.2 Å². The van der Waals surface area contributed by atoms with Crippen LogP contribution in [0.2, 0.25) is 0 Å². The van der Waals surface area contributed by atoms with Gasteiger partial charge in [0.05, 0.1) is 0 Å². The van der Waals surface area contributed by atoms with Gasteiger partial charge in [0.1, 0.15) is 5.75 Å². The molecule has 6 heteroatoms. The van der Waals surface area contributed by atoms with E-state index in [4.69, 9.17) is 4.74 Å². The molecule has 6 nitrogen and oxygen atoms in total. The lowest BCUT2D eigenvalue weighted by Crippen LogP contribution is -2.45. The Kier molecular flexibility index (Phi) is 7.72. The van der Waals surface area contributed by atoms with E-state index in [1.165, 1.54) is 5.39 Å². The lowest BCUT2D eigenvalue weighted by atomic mass is 10.0. The number of hydrogen-bond acceptors (Lipinski definition) is 5. The number of nitrogens with zero attached hydrogens (tertiary/aromatic N) is 1. The van der Waals surface area contributed by atoms with Crippen molar-refractivity contribution in [2.45, 2.75) is 13.5 Å². The predicted molar refractivity (Wildman–Crippen MR) is 130 cm³/mol. The summed E-state index contributed by atoms with van der Waals surface area (Å²) in [7, 11) is 0. The molecule has 0 saturated carbocycles. The maximum atomic E-state index is 12.4. The minimum absolute atomic E-state index is 0.0278. The van der Waals surface area contributed by atoms with Crippen LogP contribution in [0.1, 0.15) is 11.1 Å². The Morgan fingerprint density at radius 3 is 2.62 bits per heavy atom. The summed E-state index contributed by atoms with van der Waals surface area (Å²) >= 11 is 0. The fourth-order valence-electron chi connectivity index (χ4n) is 4.00. The number of fused-ring (bicyclic) bond motifs is 1. The molecule has 3 aromatic rings. The van der Waals surface area contributed by atoms with E-state index in [0.29, 0.717) is 6.54 Å². The summed E-state index contributed by atoms with van der Waals surface area (Å²) < 4.78 is 5.98. The minimum Gasteiger partial charge on any atom is -0.483 e. The number of hydrogen-bond donors (Lipinski definition) is 3. The molecule has 0 bridgehead atoms. The van der Waals surface area contributed by atoms with E-state index in [9.17, 15) is 4.79 Å². The van der Waals surface area contributed by atoms with E-state index in [0.717, 1.165) is 67.2 Å². The molecule has 1 aliphatic heterocycles. The van der Waals surface area contributed by atoms with Crippen molar-refractivity contribution in [3.8, 4) is 5.75 Å². The summed E-state index contributed by atoms with van der Waals surface area (Å²) in [6.45, 7) is 8.95. The molecule has 0 spiro atoms. The molecule has 4 rings (SSSR count). The van der Waals surface area contributed by atoms with Crippen LogP contribution in [0.5, 0.6) is 5.75 Å². The molecule has 168 valence electrons. The second kappa shape index (κ2) is 11.1. The van der Waals surface area contributed by atoms with Crippen molar-refractivity contribution in [1.82, 2.24) is 15.5 Å². The summed E-state index contributed by atoms with van der Waals surface area (Å²) in [6, 6.07) is 20.1. The smallest absolute Gasteiger partial charge is 0.262 e. The van der Waals surface area contributed by atoms with Gasteiger partial charge in [-0.05, 0) is 35.9 Å². The maximum Gasteiger partial charge on any atom is 0.262 e. The van der Waals surface area contributed by atoms with Crippen LogP contribution in [0.3, 0.4) is 0 Å². The molecule has 3 aromatic carbocycles. The molecule has 0 radical (unpaired) electrons. The fourth-order valence-corrected chi connectivity index (χ4v) is 4.00. The molecule has 0 aliphatic carbocycles. The number of carbonyl (C=O) groups excluding carboxylic acids is 1. The highest BCUT2D eigenvalue weighted by molar-refractivity contribution is 5.92. The van der Waals surface area contributed by atoms with E-state index in [-0.39, 0.29) is 12.5 Å². The van der Waals surface area contributed by atoms with E-state index >= 15 is 0 Å². The molecule has 0 unspecified atom stereocenters. The summed E-state index contributed by atoms with van der Waals surface area (Å²) in [5, 5.41) is 12.2. The Labute approximate surface area is 189 Å². The number of aryl methyl sites for hydroxylation is 1. The van der Waals surface area contributed by atoms with Crippen molar-refractivity contribution in [2.24, 2.45) is 0 Å². The Morgan fingerprint density at radius 2 is 1.81 bits per heavy atom. The normalized spacial score (nSPS) is 14.4. The molecule has 32 heavy (non-hydrogen) atoms. The van der Waals surface area contributed by atoms with Crippen molar-refractivity contribution in [3.63, 3.8) is 0 Å². The zero-order valence-corrected chi connectivity index (χ0v) is 18.7. The molecule has 0 atom stereocenters. The van der Waals surface area contributed by atoms with Gasteiger partial charge in [-0.3, -0.25) is 9.69 Å². The Hall–Kier alpha value is -2.93. The molecule has 1 saturated heterocycles. The van der Waals surface area contributed by atoms with Crippen LogP contribution in [0.4, 0.5) is 5.69 Å². The third-order valence-electron chi connectivity index (χ3n) is 5.81. The number of nitrogens with one attached hydrogen (secondary N) is 3. The number of benzene rings is 3. The SMILES string of the molecule is Cc1ccc(NC(=O)COc2ccc3ccccc3c2CNCCN2CCNCC2)cc1. The first-order valence-electron chi connectivity index (χ1n) is 11.3. The summed E-state index contributed by atoms with van der Waals surface area (Å²) in [5.41, 5.74) is 3.02. The number of anilines is 1. The van der Waals surface area contributed by atoms with Gasteiger partial charge in [-0.15, -0.1) is 0 Å². The first kappa shape index (κ1) is 22.3. The van der Waals surface area contributed by atoms with Gasteiger partial charge >= 0.3 is 0 Å². The third-order valence-corrected chi connectivity index (χ3v) is 5.81. The molecule has 1 aliphatic rings. The monoisotopic (exact) mass is 432 g/mol. The van der Waals surface area contributed by atoms with Crippen molar-refractivity contribution < 1.29 is 9.53 Å². The first-order chi connectivity index (χ1) is 15.7.